The fourth-order valence-corrected chi connectivity index (χ4v) is 1.88. The third kappa shape index (κ3) is 3.03. The zero-order valence-corrected chi connectivity index (χ0v) is 10.8. The lowest BCUT2D eigenvalue weighted by atomic mass is 10.2. The molecular formula is C13H9ClF2N2O2. The molecule has 104 valence electrons. The van der Waals surface area contributed by atoms with E-state index in [-0.39, 0.29) is 22.8 Å². The first kappa shape index (κ1) is 14.2. The van der Waals surface area contributed by atoms with Crippen LogP contribution in [0.5, 0.6) is 0 Å². The molecule has 0 saturated heterocycles. The molecule has 0 radical (unpaired) electrons. The van der Waals surface area contributed by atoms with E-state index in [1.165, 1.54) is 30.3 Å². The van der Waals surface area contributed by atoms with E-state index in [0.717, 1.165) is 6.07 Å². The van der Waals surface area contributed by atoms with Crippen LogP contribution in [-0.4, -0.2) is 4.92 Å². The Morgan fingerprint density at radius 3 is 2.65 bits per heavy atom. The van der Waals surface area contributed by atoms with E-state index >= 15 is 0 Å². The zero-order chi connectivity index (χ0) is 14.7. The highest BCUT2D eigenvalue weighted by atomic mass is 35.5. The van der Waals surface area contributed by atoms with E-state index in [9.17, 15) is 18.9 Å². The first-order chi connectivity index (χ1) is 9.49. The van der Waals surface area contributed by atoms with Gasteiger partial charge in [0.25, 0.3) is 5.69 Å². The first-order valence-electron chi connectivity index (χ1n) is 5.59. The molecule has 1 N–H and O–H groups in total. The van der Waals surface area contributed by atoms with Crippen LogP contribution in [0.15, 0.2) is 36.4 Å². The maximum Gasteiger partial charge on any atom is 0.271 e. The van der Waals surface area contributed by atoms with Crippen molar-refractivity contribution in [3.8, 4) is 0 Å². The van der Waals surface area contributed by atoms with Crippen LogP contribution in [0.1, 0.15) is 5.56 Å². The lowest BCUT2D eigenvalue weighted by molar-refractivity contribution is -0.384. The number of anilines is 1. The average molecular weight is 299 g/mol. The maximum absolute atomic E-state index is 13.4. The lowest BCUT2D eigenvalue weighted by Gasteiger charge is -2.09. The molecule has 0 amide bonds. The Bertz CT molecular complexity index is 665. The minimum Gasteiger partial charge on any atom is -0.380 e. The minimum atomic E-state index is -0.932. The normalized spacial score (nSPS) is 10.3. The van der Waals surface area contributed by atoms with Crippen molar-refractivity contribution >= 4 is 23.0 Å². The van der Waals surface area contributed by atoms with Gasteiger partial charge in [-0.05, 0) is 12.1 Å². The van der Waals surface area contributed by atoms with Crippen molar-refractivity contribution in [1.29, 1.82) is 0 Å². The van der Waals surface area contributed by atoms with Crippen molar-refractivity contribution in [1.82, 2.24) is 0 Å². The smallest absolute Gasteiger partial charge is 0.271 e. The number of nitro benzene ring substituents is 1. The Balaban J connectivity index is 2.15. The number of benzene rings is 2. The molecule has 20 heavy (non-hydrogen) atoms. The largest absolute Gasteiger partial charge is 0.380 e. The summed E-state index contributed by atoms with van der Waals surface area (Å²) in [6.07, 6.45) is 0. The van der Waals surface area contributed by atoms with Crippen molar-refractivity contribution in [3.05, 3.63) is 68.7 Å². The van der Waals surface area contributed by atoms with Gasteiger partial charge in [-0.25, -0.2) is 8.78 Å². The average Bonchev–Trinajstić information content (AvgIpc) is 2.41. The molecule has 2 rings (SSSR count). The second kappa shape index (κ2) is 5.83. The number of rotatable bonds is 4. The number of nitro groups is 1. The molecule has 0 atom stereocenters. The number of nitrogens with one attached hydrogen (secondary N) is 1. The molecular weight excluding hydrogens is 290 g/mol. The van der Waals surface area contributed by atoms with Gasteiger partial charge in [-0.2, -0.15) is 0 Å². The third-order valence-corrected chi connectivity index (χ3v) is 2.98. The van der Waals surface area contributed by atoms with Gasteiger partial charge >= 0.3 is 0 Å². The van der Waals surface area contributed by atoms with Gasteiger partial charge in [0.15, 0.2) is 11.6 Å². The molecule has 0 bridgehead atoms. The quantitative estimate of drug-likeness (QED) is 0.682. The summed E-state index contributed by atoms with van der Waals surface area (Å²) in [7, 11) is 0. The minimum absolute atomic E-state index is 0.0150. The molecule has 2 aromatic carbocycles. The van der Waals surface area contributed by atoms with Crippen LogP contribution in [0, 0.1) is 21.7 Å². The fraction of sp³-hybridized carbons (Fsp3) is 0.0769. The molecule has 0 unspecified atom stereocenters. The highest BCUT2D eigenvalue weighted by Crippen LogP contribution is 2.27. The molecule has 0 fully saturated rings. The summed E-state index contributed by atoms with van der Waals surface area (Å²) in [4.78, 5) is 9.99. The number of hydrogen-bond acceptors (Lipinski definition) is 3. The number of nitrogens with zero attached hydrogens (tertiary/aromatic N) is 1. The van der Waals surface area contributed by atoms with E-state index < -0.39 is 16.6 Å². The third-order valence-electron chi connectivity index (χ3n) is 2.66. The number of hydrogen-bond donors (Lipinski definition) is 1. The predicted molar refractivity (Wildman–Crippen MR) is 71.8 cm³/mol. The SMILES string of the molecule is O=[N+]([O-])c1ccc(NCc2cccc(F)c2F)c(Cl)c1. The van der Waals surface area contributed by atoms with Crippen molar-refractivity contribution in [2.45, 2.75) is 6.54 Å². The van der Waals surface area contributed by atoms with Gasteiger partial charge in [0.2, 0.25) is 0 Å². The fourth-order valence-electron chi connectivity index (χ4n) is 1.64. The zero-order valence-electron chi connectivity index (χ0n) is 10.1. The molecule has 0 aliphatic rings. The van der Waals surface area contributed by atoms with Crippen LogP contribution in [-0.2, 0) is 6.54 Å². The predicted octanol–water partition coefficient (Wildman–Crippen LogP) is 4.14. The van der Waals surface area contributed by atoms with E-state index in [4.69, 9.17) is 11.6 Å². The van der Waals surface area contributed by atoms with E-state index in [2.05, 4.69) is 5.32 Å². The Morgan fingerprint density at radius 2 is 2.00 bits per heavy atom. The Kier molecular flexibility index (Phi) is 4.14. The van der Waals surface area contributed by atoms with Crippen molar-refractivity contribution < 1.29 is 13.7 Å². The summed E-state index contributed by atoms with van der Waals surface area (Å²) in [5.74, 6) is -1.86. The molecule has 0 heterocycles. The molecule has 7 heteroatoms. The van der Waals surface area contributed by atoms with Crippen LogP contribution in [0.3, 0.4) is 0 Å². The Labute approximate surface area is 118 Å². The maximum atomic E-state index is 13.4. The van der Waals surface area contributed by atoms with E-state index in [1.54, 1.807) is 0 Å². The van der Waals surface area contributed by atoms with Gasteiger partial charge < -0.3 is 5.32 Å². The van der Waals surface area contributed by atoms with E-state index in [1.807, 2.05) is 0 Å². The second-order valence-corrected chi connectivity index (χ2v) is 4.39. The van der Waals surface area contributed by atoms with Crippen molar-refractivity contribution in [2.75, 3.05) is 5.32 Å². The van der Waals surface area contributed by atoms with Crippen LogP contribution in [0.25, 0.3) is 0 Å². The number of halogens is 3. The van der Waals surface area contributed by atoms with Crippen molar-refractivity contribution in [3.63, 3.8) is 0 Å². The monoisotopic (exact) mass is 298 g/mol. The first-order valence-corrected chi connectivity index (χ1v) is 5.97. The standard InChI is InChI=1S/C13H9ClF2N2O2/c14-10-6-9(18(19)20)4-5-12(10)17-7-8-2-1-3-11(15)13(8)16/h1-6,17H,7H2. The van der Waals surface area contributed by atoms with Crippen LogP contribution < -0.4 is 5.32 Å². The molecule has 0 spiro atoms. The summed E-state index contributed by atoms with van der Waals surface area (Å²) in [6.45, 7) is 0.0150. The molecule has 0 aliphatic carbocycles. The van der Waals surface area contributed by atoms with Crippen molar-refractivity contribution in [2.24, 2.45) is 0 Å². The highest BCUT2D eigenvalue weighted by molar-refractivity contribution is 6.33. The van der Waals surface area contributed by atoms with Gasteiger partial charge in [0, 0.05) is 24.2 Å². The topological polar surface area (TPSA) is 55.2 Å². The van der Waals surface area contributed by atoms with Crippen LogP contribution in [0.4, 0.5) is 20.2 Å². The molecule has 2 aromatic rings. The Morgan fingerprint density at radius 1 is 1.25 bits per heavy atom. The summed E-state index contributed by atoms with van der Waals surface area (Å²) in [6, 6.07) is 7.73. The van der Waals surface area contributed by atoms with Crippen LogP contribution in [0.2, 0.25) is 5.02 Å². The van der Waals surface area contributed by atoms with Gasteiger partial charge in [-0.15, -0.1) is 0 Å². The second-order valence-electron chi connectivity index (χ2n) is 3.99. The summed E-state index contributed by atoms with van der Waals surface area (Å²) < 4.78 is 26.5. The summed E-state index contributed by atoms with van der Waals surface area (Å²) in [5, 5.41) is 13.5. The van der Waals surface area contributed by atoms with Gasteiger partial charge in [0.1, 0.15) is 0 Å². The van der Waals surface area contributed by atoms with Gasteiger partial charge in [-0.1, -0.05) is 23.7 Å². The molecule has 0 saturated carbocycles. The lowest BCUT2D eigenvalue weighted by Crippen LogP contribution is -2.03. The Hall–Kier alpha value is -2.21. The molecule has 0 aromatic heterocycles. The molecule has 4 nitrogen and oxygen atoms in total. The number of non-ortho nitro benzene ring substituents is 1. The van der Waals surface area contributed by atoms with Crippen LogP contribution >= 0.6 is 11.6 Å². The highest BCUT2D eigenvalue weighted by Gasteiger charge is 2.11. The summed E-state index contributed by atoms with van der Waals surface area (Å²) in [5.41, 5.74) is 0.401. The molecule has 0 aliphatic heterocycles. The van der Waals surface area contributed by atoms with E-state index in [0.29, 0.717) is 5.69 Å². The summed E-state index contributed by atoms with van der Waals surface area (Å²) >= 11 is 5.88. The van der Waals surface area contributed by atoms with Gasteiger partial charge in [0.05, 0.1) is 15.6 Å². The van der Waals surface area contributed by atoms with Gasteiger partial charge in [-0.3, -0.25) is 10.1 Å².